The van der Waals surface area contributed by atoms with Crippen LogP contribution in [0.1, 0.15) is 38.3 Å². The molecule has 0 aliphatic rings. The molecule has 1 aromatic rings. The third-order valence-electron chi connectivity index (χ3n) is 3.01. The standard InChI is InChI=1S/C14H22N2O2/c1-3-12(4-2)15-14(18)16-13(10-17)11-8-6-5-7-9-11/h5-9,12-13,17H,3-4,10H2,1-2H3,(H2,15,16,18)/t13-/m1/s1. The first-order valence-corrected chi connectivity index (χ1v) is 6.44. The fraction of sp³-hybridized carbons (Fsp3) is 0.500. The van der Waals surface area contributed by atoms with Crippen LogP contribution in [0.5, 0.6) is 0 Å². The summed E-state index contributed by atoms with van der Waals surface area (Å²) in [5.41, 5.74) is 0.902. The molecule has 0 fully saturated rings. The molecule has 100 valence electrons. The molecule has 0 radical (unpaired) electrons. The molecule has 18 heavy (non-hydrogen) atoms. The van der Waals surface area contributed by atoms with E-state index >= 15 is 0 Å². The predicted octanol–water partition coefficient (Wildman–Crippen LogP) is 2.21. The minimum atomic E-state index is -0.361. The second kappa shape index (κ2) is 7.71. The minimum Gasteiger partial charge on any atom is -0.394 e. The van der Waals surface area contributed by atoms with Crippen molar-refractivity contribution in [2.45, 2.75) is 38.8 Å². The minimum absolute atomic E-state index is 0.111. The van der Waals surface area contributed by atoms with Crippen molar-refractivity contribution in [2.75, 3.05) is 6.61 Å². The topological polar surface area (TPSA) is 61.4 Å². The average molecular weight is 250 g/mol. The zero-order valence-electron chi connectivity index (χ0n) is 11.0. The maximum atomic E-state index is 11.8. The van der Waals surface area contributed by atoms with Crippen molar-refractivity contribution in [1.82, 2.24) is 10.6 Å². The van der Waals surface area contributed by atoms with Gasteiger partial charge in [0.1, 0.15) is 0 Å². The van der Waals surface area contributed by atoms with Crippen LogP contribution in [0.15, 0.2) is 30.3 Å². The summed E-state index contributed by atoms with van der Waals surface area (Å²) < 4.78 is 0. The largest absolute Gasteiger partial charge is 0.394 e. The molecule has 0 spiro atoms. The molecular weight excluding hydrogens is 228 g/mol. The highest BCUT2D eigenvalue weighted by atomic mass is 16.3. The molecule has 1 rings (SSSR count). The van der Waals surface area contributed by atoms with Crippen molar-refractivity contribution in [2.24, 2.45) is 0 Å². The smallest absolute Gasteiger partial charge is 0.315 e. The van der Waals surface area contributed by atoms with Gasteiger partial charge in [-0.1, -0.05) is 44.2 Å². The number of carbonyl (C=O) groups is 1. The lowest BCUT2D eigenvalue weighted by Gasteiger charge is -2.20. The van der Waals surface area contributed by atoms with Crippen LogP contribution in [0.3, 0.4) is 0 Å². The number of urea groups is 1. The summed E-state index contributed by atoms with van der Waals surface area (Å²) in [5.74, 6) is 0. The van der Waals surface area contributed by atoms with Crippen LogP contribution in [0.25, 0.3) is 0 Å². The Balaban J connectivity index is 2.56. The lowest BCUT2D eigenvalue weighted by molar-refractivity contribution is 0.213. The number of hydrogen-bond donors (Lipinski definition) is 3. The first-order chi connectivity index (χ1) is 8.71. The zero-order chi connectivity index (χ0) is 13.4. The second-order valence-electron chi connectivity index (χ2n) is 4.28. The number of aliphatic hydroxyl groups excluding tert-OH is 1. The molecule has 0 heterocycles. The molecule has 1 aromatic carbocycles. The number of benzene rings is 1. The van der Waals surface area contributed by atoms with Crippen LogP contribution in [-0.2, 0) is 0 Å². The highest BCUT2D eigenvalue weighted by molar-refractivity contribution is 5.74. The van der Waals surface area contributed by atoms with Gasteiger partial charge in [0.25, 0.3) is 0 Å². The highest BCUT2D eigenvalue weighted by Crippen LogP contribution is 2.11. The third kappa shape index (κ3) is 4.37. The van der Waals surface area contributed by atoms with Crippen LogP contribution < -0.4 is 10.6 Å². The molecule has 4 heteroatoms. The molecule has 0 aromatic heterocycles. The van der Waals surface area contributed by atoms with Gasteiger partial charge in [-0.25, -0.2) is 4.79 Å². The Morgan fingerprint density at radius 2 is 1.78 bits per heavy atom. The van der Waals surface area contributed by atoms with E-state index in [0.717, 1.165) is 18.4 Å². The third-order valence-corrected chi connectivity index (χ3v) is 3.01. The second-order valence-corrected chi connectivity index (χ2v) is 4.28. The van der Waals surface area contributed by atoms with E-state index in [1.807, 2.05) is 44.2 Å². The number of hydrogen-bond acceptors (Lipinski definition) is 2. The molecule has 0 saturated carbocycles. The molecular formula is C14H22N2O2. The summed E-state index contributed by atoms with van der Waals surface area (Å²) in [7, 11) is 0. The zero-order valence-corrected chi connectivity index (χ0v) is 11.0. The van der Waals surface area contributed by atoms with Crippen molar-refractivity contribution in [3.05, 3.63) is 35.9 Å². The summed E-state index contributed by atoms with van der Waals surface area (Å²) in [5, 5.41) is 15.0. The molecule has 2 amide bonds. The van der Waals surface area contributed by atoms with E-state index in [2.05, 4.69) is 10.6 Å². The van der Waals surface area contributed by atoms with Gasteiger partial charge in [-0.2, -0.15) is 0 Å². The van der Waals surface area contributed by atoms with E-state index in [0.29, 0.717) is 0 Å². The van der Waals surface area contributed by atoms with Crippen molar-refractivity contribution < 1.29 is 9.90 Å². The summed E-state index contributed by atoms with van der Waals surface area (Å²) in [6, 6.07) is 9.04. The molecule has 3 N–H and O–H groups in total. The van der Waals surface area contributed by atoms with Gasteiger partial charge >= 0.3 is 6.03 Å². The number of nitrogens with one attached hydrogen (secondary N) is 2. The molecule has 0 bridgehead atoms. The highest BCUT2D eigenvalue weighted by Gasteiger charge is 2.14. The summed E-state index contributed by atoms with van der Waals surface area (Å²) in [6.45, 7) is 3.96. The number of rotatable bonds is 6. The van der Waals surface area contributed by atoms with Crippen molar-refractivity contribution in [3.63, 3.8) is 0 Å². The van der Waals surface area contributed by atoms with Crippen LogP contribution in [0.2, 0.25) is 0 Å². The Labute approximate surface area is 108 Å². The maximum absolute atomic E-state index is 11.8. The van der Waals surface area contributed by atoms with Crippen molar-refractivity contribution >= 4 is 6.03 Å². The molecule has 1 atom stereocenters. The fourth-order valence-corrected chi connectivity index (χ4v) is 1.80. The Bertz CT molecular complexity index is 350. The quantitative estimate of drug-likeness (QED) is 0.725. The van der Waals surface area contributed by atoms with E-state index < -0.39 is 0 Å². The number of aliphatic hydroxyl groups is 1. The predicted molar refractivity (Wildman–Crippen MR) is 72.3 cm³/mol. The molecule has 0 aliphatic carbocycles. The molecule has 0 unspecified atom stereocenters. The number of amides is 2. The number of carbonyl (C=O) groups excluding carboxylic acids is 1. The van der Waals surface area contributed by atoms with E-state index in [4.69, 9.17) is 0 Å². The van der Waals surface area contributed by atoms with Gasteiger partial charge in [-0.15, -0.1) is 0 Å². The van der Waals surface area contributed by atoms with Crippen LogP contribution in [0.4, 0.5) is 4.79 Å². The normalized spacial score (nSPS) is 12.2. The van der Waals surface area contributed by atoms with Crippen LogP contribution in [-0.4, -0.2) is 23.8 Å². The first-order valence-electron chi connectivity index (χ1n) is 6.44. The summed E-state index contributed by atoms with van der Waals surface area (Å²) in [4.78, 5) is 11.8. The SMILES string of the molecule is CCC(CC)NC(=O)N[C@H](CO)c1ccccc1. The Morgan fingerprint density at radius 3 is 2.28 bits per heavy atom. The summed E-state index contributed by atoms with van der Waals surface area (Å²) >= 11 is 0. The molecule has 0 aliphatic heterocycles. The average Bonchev–Trinajstić information content (AvgIpc) is 2.43. The maximum Gasteiger partial charge on any atom is 0.315 e. The van der Waals surface area contributed by atoms with Gasteiger partial charge in [0.05, 0.1) is 12.6 Å². The van der Waals surface area contributed by atoms with Gasteiger partial charge in [0.2, 0.25) is 0 Å². The van der Waals surface area contributed by atoms with Gasteiger partial charge in [0.15, 0.2) is 0 Å². The monoisotopic (exact) mass is 250 g/mol. The Kier molecular flexibility index (Phi) is 6.22. The van der Waals surface area contributed by atoms with Crippen molar-refractivity contribution in [1.29, 1.82) is 0 Å². The lowest BCUT2D eigenvalue weighted by Crippen LogP contribution is -2.43. The van der Waals surface area contributed by atoms with Gasteiger partial charge in [-0.05, 0) is 18.4 Å². The van der Waals surface area contributed by atoms with E-state index in [9.17, 15) is 9.90 Å². The lowest BCUT2D eigenvalue weighted by atomic mass is 10.1. The van der Waals surface area contributed by atoms with E-state index in [1.54, 1.807) is 0 Å². The Hall–Kier alpha value is -1.55. The fourth-order valence-electron chi connectivity index (χ4n) is 1.80. The van der Waals surface area contributed by atoms with E-state index in [1.165, 1.54) is 0 Å². The summed E-state index contributed by atoms with van der Waals surface area (Å²) in [6.07, 6.45) is 1.80. The van der Waals surface area contributed by atoms with Gasteiger partial charge in [-0.3, -0.25) is 0 Å². The van der Waals surface area contributed by atoms with Crippen LogP contribution >= 0.6 is 0 Å². The first kappa shape index (κ1) is 14.5. The Morgan fingerprint density at radius 1 is 1.17 bits per heavy atom. The van der Waals surface area contributed by atoms with E-state index in [-0.39, 0.29) is 24.7 Å². The molecule has 4 nitrogen and oxygen atoms in total. The van der Waals surface area contributed by atoms with Crippen LogP contribution in [0, 0.1) is 0 Å². The van der Waals surface area contributed by atoms with Gasteiger partial charge in [0, 0.05) is 6.04 Å². The van der Waals surface area contributed by atoms with Crippen molar-refractivity contribution in [3.8, 4) is 0 Å². The molecule has 0 saturated heterocycles. The van der Waals surface area contributed by atoms with Gasteiger partial charge < -0.3 is 15.7 Å².